The van der Waals surface area contributed by atoms with Crippen molar-refractivity contribution >= 4 is 29.0 Å². The number of amides is 1. The molecule has 23 heavy (non-hydrogen) atoms. The minimum atomic E-state index is -0.549. The molecule has 0 aliphatic carbocycles. The lowest BCUT2D eigenvalue weighted by Gasteiger charge is -2.08. The summed E-state index contributed by atoms with van der Waals surface area (Å²) in [6, 6.07) is 12.0. The van der Waals surface area contributed by atoms with E-state index in [2.05, 4.69) is 5.32 Å². The summed E-state index contributed by atoms with van der Waals surface area (Å²) in [6.07, 6.45) is 0. The van der Waals surface area contributed by atoms with Crippen molar-refractivity contribution in [1.29, 1.82) is 0 Å². The molecule has 120 valence electrons. The van der Waals surface area contributed by atoms with E-state index in [9.17, 15) is 14.9 Å². The van der Waals surface area contributed by atoms with Gasteiger partial charge in [-0.3, -0.25) is 14.9 Å². The molecule has 0 aliphatic rings. The minimum absolute atomic E-state index is 0.159. The van der Waals surface area contributed by atoms with Gasteiger partial charge in [-0.25, -0.2) is 0 Å². The molecule has 0 aliphatic heterocycles. The van der Waals surface area contributed by atoms with Gasteiger partial charge in [-0.05, 0) is 30.7 Å². The van der Waals surface area contributed by atoms with Crippen LogP contribution in [0.4, 0.5) is 11.4 Å². The van der Waals surface area contributed by atoms with Gasteiger partial charge in [-0.2, -0.15) is 0 Å². The number of nitrogens with one attached hydrogen (secondary N) is 1. The second kappa shape index (κ2) is 7.64. The molecule has 0 radical (unpaired) electrons. The van der Waals surface area contributed by atoms with E-state index in [1.165, 1.54) is 31.0 Å². The number of nitro groups is 1. The normalized spacial score (nSPS) is 10.2. The fourth-order valence-electron chi connectivity index (χ4n) is 1.94. The number of methoxy groups -OCH3 is 1. The Morgan fingerprint density at radius 1 is 1.30 bits per heavy atom. The molecule has 0 unspecified atom stereocenters. The highest BCUT2D eigenvalue weighted by Gasteiger charge is 2.17. The summed E-state index contributed by atoms with van der Waals surface area (Å²) in [6.45, 7) is 1.97. The molecule has 0 bridgehead atoms. The van der Waals surface area contributed by atoms with Gasteiger partial charge in [-0.15, -0.1) is 11.8 Å². The topological polar surface area (TPSA) is 81.5 Å². The number of thioether (sulfide) groups is 1. The Morgan fingerprint density at radius 2 is 2.04 bits per heavy atom. The van der Waals surface area contributed by atoms with Crippen molar-refractivity contribution in [3.05, 3.63) is 58.1 Å². The van der Waals surface area contributed by atoms with Crippen LogP contribution < -0.4 is 10.1 Å². The highest BCUT2D eigenvalue weighted by Crippen LogP contribution is 2.29. The van der Waals surface area contributed by atoms with E-state index in [1.807, 2.05) is 31.2 Å². The maximum absolute atomic E-state index is 12.0. The van der Waals surface area contributed by atoms with Crippen LogP contribution in [0.3, 0.4) is 0 Å². The number of benzene rings is 2. The lowest BCUT2D eigenvalue weighted by Crippen LogP contribution is -2.15. The SMILES string of the molecule is COc1ccc(NC(=O)CSc2ccccc2C)c([N+](=O)[O-])c1. The summed E-state index contributed by atoms with van der Waals surface area (Å²) >= 11 is 1.39. The van der Waals surface area contributed by atoms with Crippen molar-refractivity contribution in [2.24, 2.45) is 0 Å². The van der Waals surface area contributed by atoms with Gasteiger partial charge in [0.05, 0.1) is 23.9 Å². The van der Waals surface area contributed by atoms with Crippen molar-refractivity contribution in [2.45, 2.75) is 11.8 Å². The van der Waals surface area contributed by atoms with Crippen molar-refractivity contribution in [3.8, 4) is 5.75 Å². The molecule has 2 aromatic carbocycles. The summed E-state index contributed by atoms with van der Waals surface area (Å²) in [7, 11) is 1.43. The number of nitrogens with zero attached hydrogens (tertiary/aromatic N) is 1. The smallest absolute Gasteiger partial charge is 0.296 e. The maximum atomic E-state index is 12.0. The lowest BCUT2D eigenvalue weighted by molar-refractivity contribution is -0.384. The summed E-state index contributed by atoms with van der Waals surface area (Å²) in [5.74, 6) is 0.240. The number of carbonyl (C=O) groups is 1. The van der Waals surface area contributed by atoms with Crippen LogP contribution in [0.2, 0.25) is 0 Å². The van der Waals surface area contributed by atoms with E-state index >= 15 is 0 Å². The predicted octanol–water partition coefficient (Wildman–Crippen LogP) is 3.64. The Kier molecular flexibility index (Phi) is 5.59. The molecule has 6 nitrogen and oxygen atoms in total. The van der Waals surface area contributed by atoms with Gasteiger partial charge < -0.3 is 10.1 Å². The molecular formula is C16H16N2O4S. The second-order valence-corrected chi connectivity index (χ2v) is 5.76. The van der Waals surface area contributed by atoms with Gasteiger partial charge in [0, 0.05) is 4.90 Å². The van der Waals surface area contributed by atoms with E-state index in [-0.39, 0.29) is 23.0 Å². The summed E-state index contributed by atoms with van der Waals surface area (Å²) < 4.78 is 4.96. The highest BCUT2D eigenvalue weighted by atomic mass is 32.2. The van der Waals surface area contributed by atoms with Gasteiger partial charge in [0.15, 0.2) is 0 Å². The Balaban J connectivity index is 2.05. The average Bonchev–Trinajstić information content (AvgIpc) is 2.54. The van der Waals surface area contributed by atoms with Crippen molar-refractivity contribution in [3.63, 3.8) is 0 Å². The van der Waals surface area contributed by atoms with Gasteiger partial charge in [-0.1, -0.05) is 18.2 Å². The average molecular weight is 332 g/mol. The summed E-state index contributed by atoms with van der Waals surface area (Å²) in [5, 5.41) is 13.7. The molecule has 0 spiro atoms. The van der Waals surface area contributed by atoms with Crippen LogP contribution in [-0.4, -0.2) is 23.7 Å². The molecule has 1 amide bonds. The van der Waals surface area contributed by atoms with Crippen LogP contribution >= 0.6 is 11.8 Å². The maximum Gasteiger partial charge on any atom is 0.296 e. The Morgan fingerprint density at radius 3 is 2.70 bits per heavy atom. The molecule has 0 aromatic heterocycles. The monoisotopic (exact) mass is 332 g/mol. The molecule has 7 heteroatoms. The Labute approximate surface area is 138 Å². The molecule has 0 atom stereocenters. The van der Waals surface area contributed by atoms with Gasteiger partial charge in [0.25, 0.3) is 5.69 Å². The molecule has 1 N–H and O–H groups in total. The molecule has 0 saturated carbocycles. The van der Waals surface area contributed by atoms with E-state index in [4.69, 9.17) is 4.74 Å². The fraction of sp³-hybridized carbons (Fsp3) is 0.188. The molecule has 2 aromatic rings. The molecule has 0 saturated heterocycles. The number of nitro benzene ring substituents is 1. The first kappa shape index (κ1) is 16.8. The standard InChI is InChI=1S/C16H16N2O4S/c1-11-5-3-4-6-15(11)23-10-16(19)17-13-8-7-12(22-2)9-14(13)18(20)21/h3-9H,10H2,1-2H3,(H,17,19). The molecule has 0 fully saturated rings. The second-order valence-electron chi connectivity index (χ2n) is 4.74. The quantitative estimate of drug-likeness (QED) is 0.496. The van der Waals surface area contributed by atoms with Crippen LogP contribution in [-0.2, 0) is 4.79 Å². The van der Waals surface area contributed by atoms with Crippen LogP contribution in [0, 0.1) is 17.0 Å². The summed E-state index contributed by atoms with van der Waals surface area (Å²) in [5.41, 5.74) is 1.05. The molecule has 0 heterocycles. The van der Waals surface area contributed by atoms with Crippen LogP contribution in [0.5, 0.6) is 5.75 Å². The van der Waals surface area contributed by atoms with Crippen molar-refractivity contribution in [1.82, 2.24) is 0 Å². The largest absolute Gasteiger partial charge is 0.496 e. The number of ether oxygens (including phenoxy) is 1. The Hall–Kier alpha value is -2.54. The first-order chi connectivity index (χ1) is 11.0. The zero-order valence-corrected chi connectivity index (χ0v) is 13.6. The number of anilines is 1. The number of carbonyl (C=O) groups excluding carboxylic acids is 1. The lowest BCUT2D eigenvalue weighted by atomic mass is 10.2. The zero-order chi connectivity index (χ0) is 16.8. The third-order valence-corrected chi connectivity index (χ3v) is 4.30. The van der Waals surface area contributed by atoms with Crippen molar-refractivity contribution in [2.75, 3.05) is 18.2 Å². The van der Waals surface area contributed by atoms with Gasteiger partial charge in [0.2, 0.25) is 5.91 Å². The van der Waals surface area contributed by atoms with E-state index in [0.717, 1.165) is 10.5 Å². The third kappa shape index (κ3) is 4.46. The first-order valence-corrected chi connectivity index (χ1v) is 7.80. The zero-order valence-electron chi connectivity index (χ0n) is 12.7. The summed E-state index contributed by atoms with van der Waals surface area (Å²) in [4.78, 5) is 23.6. The van der Waals surface area contributed by atoms with E-state index in [1.54, 1.807) is 6.07 Å². The van der Waals surface area contributed by atoms with Crippen molar-refractivity contribution < 1.29 is 14.5 Å². The predicted molar refractivity (Wildman–Crippen MR) is 90.2 cm³/mol. The van der Waals surface area contributed by atoms with E-state index < -0.39 is 4.92 Å². The number of rotatable bonds is 6. The number of hydrogen-bond donors (Lipinski definition) is 1. The minimum Gasteiger partial charge on any atom is -0.496 e. The van der Waals surface area contributed by atoms with Gasteiger partial charge in [0.1, 0.15) is 11.4 Å². The highest BCUT2D eigenvalue weighted by molar-refractivity contribution is 8.00. The van der Waals surface area contributed by atoms with E-state index in [0.29, 0.717) is 5.75 Å². The first-order valence-electron chi connectivity index (χ1n) is 6.82. The fourth-order valence-corrected chi connectivity index (χ4v) is 2.77. The van der Waals surface area contributed by atoms with Gasteiger partial charge >= 0.3 is 0 Å². The van der Waals surface area contributed by atoms with Crippen LogP contribution in [0.15, 0.2) is 47.4 Å². The number of hydrogen-bond acceptors (Lipinski definition) is 5. The number of aryl methyl sites for hydroxylation is 1. The third-order valence-electron chi connectivity index (χ3n) is 3.13. The molecule has 2 rings (SSSR count). The van der Waals surface area contributed by atoms with Crippen LogP contribution in [0.25, 0.3) is 0 Å². The molecular weight excluding hydrogens is 316 g/mol. The Bertz CT molecular complexity index is 734. The van der Waals surface area contributed by atoms with Crippen LogP contribution in [0.1, 0.15) is 5.56 Å².